The molecule has 27 heavy (non-hydrogen) atoms. The number of carbonyl (C=O) groups is 1. The van der Waals surface area contributed by atoms with E-state index in [1.54, 1.807) is 6.33 Å². The van der Waals surface area contributed by atoms with Crippen molar-refractivity contribution >= 4 is 32.6 Å². The highest BCUT2D eigenvalue weighted by Gasteiger charge is 2.54. The van der Waals surface area contributed by atoms with E-state index in [0.29, 0.717) is 19.4 Å². The predicted molar refractivity (Wildman–Crippen MR) is 101 cm³/mol. The fourth-order valence-corrected chi connectivity index (χ4v) is 6.03. The fraction of sp³-hybridized carbons (Fsp3) is 0.611. The van der Waals surface area contributed by atoms with Crippen molar-refractivity contribution in [2.24, 2.45) is 5.92 Å². The molecule has 9 heteroatoms. The van der Waals surface area contributed by atoms with Crippen LogP contribution >= 0.6 is 0 Å². The maximum Gasteiger partial charge on any atom is 0.226 e. The van der Waals surface area contributed by atoms with Crippen LogP contribution in [-0.2, 0) is 14.6 Å². The number of carbonyl (C=O) groups excluding carboxylic acids is 1. The Balaban J connectivity index is 1.34. The second-order valence-electron chi connectivity index (χ2n) is 8.00. The molecular formula is C18H23N5O3S. The van der Waals surface area contributed by atoms with E-state index < -0.39 is 9.84 Å². The minimum atomic E-state index is -2.95. The van der Waals surface area contributed by atoms with Gasteiger partial charge in [-0.1, -0.05) is 0 Å². The van der Waals surface area contributed by atoms with Crippen LogP contribution in [0.1, 0.15) is 25.7 Å². The first-order valence-corrected chi connectivity index (χ1v) is 11.3. The Hall–Kier alpha value is -2.16. The normalized spacial score (nSPS) is 24.4. The average Bonchev–Trinajstić information content (AvgIpc) is 3.23. The van der Waals surface area contributed by atoms with Crippen LogP contribution in [0.3, 0.4) is 0 Å². The summed E-state index contributed by atoms with van der Waals surface area (Å²) in [5, 5.41) is 1.01. The Kier molecular flexibility index (Phi) is 3.72. The first-order valence-electron chi connectivity index (χ1n) is 9.52. The molecule has 0 aromatic carbocycles. The third-order valence-corrected chi connectivity index (χ3v) is 8.00. The zero-order valence-electron chi connectivity index (χ0n) is 15.1. The van der Waals surface area contributed by atoms with Crippen molar-refractivity contribution in [3.63, 3.8) is 0 Å². The van der Waals surface area contributed by atoms with E-state index in [4.69, 9.17) is 0 Å². The van der Waals surface area contributed by atoms with Gasteiger partial charge in [0.15, 0.2) is 0 Å². The first kappa shape index (κ1) is 17.0. The third kappa shape index (κ3) is 2.88. The topological polar surface area (TPSA) is 99.3 Å². The second kappa shape index (κ2) is 5.92. The number of aromatic amines is 1. The van der Waals surface area contributed by atoms with E-state index in [0.717, 1.165) is 42.8 Å². The number of rotatable bonds is 2. The van der Waals surface area contributed by atoms with Gasteiger partial charge in [-0.15, -0.1) is 0 Å². The van der Waals surface area contributed by atoms with Gasteiger partial charge in [-0.05, 0) is 31.7 Å². The molecule has 2 aliphatic heterocycles. The molecule has 8 nitrogen and oxygen atoms in total. The Morgan fingerprint density at radius 1 is 1.19 bits per heavy atom. The van der Waals surface area contributed by atoms with Crippen molar-refractivity contribution in [1.82, 2.24) is 19.9 Å². The second-order valence-corrected chi connectivity index (χ2v) is 10.3. The van der Waals surface area contributed by atoms with Crippen LogP contribution in [0.2, 0.25) is 0 Å². The summed E-state index contributed by atoms with van der Waals surface area (Å²) >= 11 is 0. The maximum absolute atomic E-state index is 13.1. The SMILES string of the molecule is O=C(C1CCS(=O)(=O)CC1)N1CCN(c2ncnc3[nH]ccc23)CC12CC2. The van der Waals surface area contributed by atoms with Crippen molar-refractivity contribution in [1.29, 1.82) is 0 Å². The third-order valence-electron chi connectivity index (χ3n) is 6.28. The summed E-state index contributed by atoms with van der Waals surface area (Å²) in [6.07, 6.45) is 6.38. The Morgan fingerprint density at radius 3 is 2.70 bits per heavy atom. The highest BCUT2D eigenvalue weighted by Crippen LogP contribution is 2.46. The van der Waals surface area contributed by atoms with Gasteiger partial charge in [-0.3, -0.25) is 4.79 Å². The molecule has 2 aromatic heterocycles. The Morgan fingerprint density at radius 2 is 1.96 bits per heavy atom. The lowest BCUT2D eigenvalue weighted by Crippen LogP contribution is -2.59. The summed E-state index contributed by atoms with van der Waals surface area (Å²) in [6.45, 7) is 2.18. The molecule has 2 aromatic rings. The van der Waals surface area contributed by atoms with Crippen LogP contribution in [-0.4, -0.2) is 70.9 Å². The number of amides is 1. The van der Waals surface area contributed by atoms with Crippen LogP contribution in [0.15, 0.2) is 18.6 Å². The standard InChI is InChI=1S/C18H23N5O3S/c24-17(13-2-9-27(25,26)10-3-13)23-8-7-22(11-18(23)4-5-18)16-14-1-6-19-15(14)20-12-21-16/h1,6,12-13H,2-5,7-11H2,(H,19,20,21). The highest BCUT2D eigenvalue weighted by atomic mass is 32.2. The Bertz CT molecular complexity index is 983. The average molecular weight is 389 g/mol. The molecule has 0 atom stereocenters. The molecule has 5 rings (SSSR count). The van der Waals surface area contributed by atoms with Gasteiger partial charge in [-0.2, -0.15) is 0 Å². The van der Waals surface area contributed by atoms with Crippen LogP contribution in [0.4, 0.5) is 5.82 Å². The molecule has 3 fully saturated rings. The summed E-state index contributed by atoms with van der Waals surface area (Å²) in [7, 11) is -2.95. The molecule has 3 aliphatic rings. The van der Waals surface area contributed by atoms with Gasteiger partial charge in [0, 0.05) is 31.7 Å². The molecule has 1 spiro atoms. The minimum absolute atomic E-state index is 0.112. The van der Waals surface area contributed by atoms with Gasteiger partial charge in [-0.25, -0.2) is 18.4 Å². The number of hydrogen-bond acceptors (Lipinski definition) is 6. The molecule has 144 valence electrons. The molecule has 4 heterocycles. The lowest BCUT2D eigenvalue weighted by atomic mass is 9.98. The number of piperazine rings is 1. The number of H-pyrrole nitrogens is 1. The molecular weight excluding hydrogens is 366 g/mol. The maximum atomic E-state index is 13.1. The number of anilines is 1. The molecule has 1 aliphatic carbocycles. The molecule has 0 bridgehead atoms. The quantitative estimate of drug-likeness (QED) is 0.821. The van der Waals surface area contributed by atoms with Gasteiger partial charge < -0.3 is 14.8 Å². The van der Waals surface area contributed by atoms with Crippen LogP contribution in [0.5, 0.6) is 0 Å². The fourth-order valence-electron chi connectivity index (χ4n) is 4.54. The summed E-state index contributed by atoms with van der Waals surface area (Å²) in [5.74, 6) is 1.21. The van der Waals surface area contributed by atoms with E-state index >= 15 is 0 Å². The van der Waals surface area contributed by atoms with E-state index in [2.05, 4.69) is 19.9 Å². The predicted octanol–water partition coefficient (Wildman–Crippen LogP) is 0.964. The van der Waals surface area contributed by atoms with E-state index in [1.165, 1.54) is 0 Å². The molecule has 1 N–H and O–H groups in total. The zero-order chi connectivity index (χ0) is 18.6. The van der Waals surface area contributed by atoms with Gasteiger partial charge in [0.05, 0.1) is 22.4 Å². The number of sulfone groups is 1. The first-order chi connectivity index (χ1) is 13.0. The van der Waals surface area contributed by atoms with E-state index in [1.807, 2.05) is 17.2 Å². The smallest absolute Gasteiger partial charge is 0.226 e. The zero-order valence-corrected chi connectivity index (χ0v) is 15.9. The number of nitrogens with zero attached hydrogens (tertiary/aromatic N) is 4. The largest absolute Gasteiger partial charge is 0.352 e. The van der Waals surface area contributed by atoms with Crippen molar-refractivity contribution in [2.75, 3.05) is 36.0 Å². The summed E-state index contributed by atoms with van der Waals surface area (Å²) in [4.78, 5) is 29.3. The van der Waals surface area contributed by atoms with Crippen LogP contribution in [0.25, 0.3) is 11.0 Å². The van der Waals surface area contributed by atoms with Crippen molar-refractivity contribution < 1.29 is 13.2 Å². The molecule has 0 unspecified atom stereocenters. The minimum Gasteiger partial charge on any atom is -0.352 e. The van der Waals surface area contributed by atoms with Gasteiger partial charge in [0.25, 0.3) is 0 Å². The van der Waals surface area contributed by atoms with Crippen molar-refractivity contribution in [2.45, 2.75) is 31.2 Å². The van der Waals surface area contributed by atoms with Crippen LogP contribution in [0, 0.1) is 5.92 Å². The van der Waals surface area contributed by atoms with E-state index in [-0.39, 0.29) is 28.9 Å². The lowest BCUT2D eigenvalue weighted by Gasteiger charge is -2.44. The number of hydrogen-bond donors (Lipinski definition) is 1. The number of fused-ring (bicyclic) bond motifs is 1. The monoisotopic (exact) mass is 389 g/mol. The summed E-state index contributed by atoms with van der Waals surface area (Å²) in [6, 6.07) is 1.99. The highest BCUT2D eigenvalue weighted by molar-refractivity contribution is 7.91. The molecule has 1 saturated carbocycles. The van der Waals surface area contributed by atoms with Crippen molar-refractivity contribution in [3.8, 4) is 0 Å². The van der Waals surface area contributed by atoms with Crippen LogP contribution < -0.4 is 4.90 Å². The van der Waals surface area contributed by atoms with E-state index in [9.17, 15) is 13.2 Å². The molecule has 1 amide bonds. The van der Waals surface area contributed by atoms with Crippen molar-refractivity contribution in [3.05, 3.63) is 18.6 Å². The lowest BCUT2D eigenvalue weighted by molar-refractivity contribution is -0.139. The van der Waals surface area contributed by atoms with Gasteiger partial charge in [0.2, 0.25) is 5.91 Å². The molecule has 2 saturated heterocycles. The summed E-state index contributed by atoms with van der Waals surface area (Å²) < 4.78 is 23.3. The summed E-state index contributed by atoms with van der Waals surface area (Å²) in [5.41, 5.74) is 0.714. The number of nitrogens with one attached hydrogen (secondary N) is 1. The molecule has 0 radical (unpaired) electrons. The number of aromatic nitrogens is 3. The van der Waals surface area contributed by atoms with Gasteiger partial charge in [0.1, 0.15) is 27.6 Å². The van der Waals surface area contributed by atoms with Gasteiger partial charge >= 0.3 is 0 Å². The Labute approximate surface area is 157 Å².